The third kappa shape index (κ3) is 2.70. The fraction of sp³-hybridized carbons (Fsp3) is 0.333. The van der Waals surface area contributed by atoms with Crippen LogP contribution >= 0.6 is 11.6 Å². The smallest absolute Gasteiger partial charge is 0.308 e. The van der Waals surface area contributed by atoms with E-state index in [-0.39, 0.29) is 5.69 Å². The van der Waals surface area contributed by atoms with Gasteiger partial charge in [-0.15, -0.1) is 0 Å². The van der Waals surface area contributed by atoms with Crippen molar-refractivity contribution in [2.75, 3.05) is 18.0 Å². The summed E-state index contributed by atoms with van der Waals surface area (Å²) in [6, 6.07) is 6.19. The lowest BCUT2D eigenvalue weighted by molar-refractivity contribution is -0.140. The molecule has 7 heteroatoms. The summed E-state index contributed by atoms with van der Waals surface area (Å²) in [5.74, 6) is -1.36. The number of carboxylic acid groups (broad SMARTS) is 1. The van der Waals surface area contributed by atoms with E-state index in [9.17, 15) is 13.6 Å². The van der Waals surface area contributed by atoms with Gasteiger partial charge in [0.05, 0.1) is 11.4 Å². The van der Waals surface area contributed by atoms with Crippen molar-refractivity contribution in [3.05, 3.63) is 35.0 Å². The zero-order valence-electron chi connectivity index (χ0n) is 11.5. The summed E-state index contributed by atoms with van der Waals surface area (Å²) < 4.78 is 26.1. The molecular weight excluding hydrogens is 314 g/mol. The van der Waals surface area contributed by atoms with Crippen molar-refractivity contribution < 1.29 is 18.7 Å². The quantitative estimate of drug-likeness (QED) is 0.933. The Bertz CT molecular complexity index is 739. The van der Waals surface area contributed by atoms with Crippen LogP contribution in [0.2, 0.25) is 5.02 Å². The van der Waals surface area contributed by atoms with Crippen molar-refractivity contribution in [2.45, 2.75) is 12.8 Å². The first kappa shape index (κ1) is 15.0. The Kier molecular flexibility index (Phi) is 3.87. The van der Waals surface area contributed by atoms with Gasteiger partial charge in [0.25, 0.3) is 6.43 Å². The van der Waals surface area contributed by atoms with E-state index in [1.54, 1.807) is 18.2 Å². The summed E-state index contributed by atoms with van der Waals surface area (Å²) in [7, 11) is 0. The summed E-state index contributed by atoms with van der Waals surface area (Å²) in [6.07, 6.45) is -2.19. The van der Waals surface area contributed by atoms with Gasteiger partial charge >= 0.3 is 5.97 Å². The number of fused-ring (bicyclic) bond motifs is 1. The second-order valence-corrected chi connectivity index (χ2v) is 5.73. The minimum absolute atomic E-state index is 0.295. The van der Waals surface area contributed by atoms with E-state index in [1.807, 2.05) is 4.90 Å². The Hall–Kier alpha value is -1.95. The number of aliphatic carboxylic acids is 1. The lowest BCUT2D eigenvalue weighted by atomic mass is 10.1. The van der Waals surface area contributed by atoms with Gasteiger partial charge in [0.1, 0.15) is 5.69 Å². The van der Waals surface area contributed by atoms with Crippen LogP contribution in [0, 0.1) is 5.92 Å². The molecule has 1 N–H and O–H groups in total. The van der Waals surface area contributed by atoms with Crippen LogP contribution in [-0.2, 0) is 4.79 Å². The van der Waals surface area contributed by atoms with Gasteiger partial charge in [0.2, 0.25) is 0 Å². The van der Waals surface area contributed by atoms with Gasteiger partial charge < -0.3 is 10.0 Å². The molecule has 1 unspecified atom stereocenters. The minimum Gasteiger partial charge on any atom is -0.481 e. The summed E-state index contributed by atoms with van der Waals surface area (Å²) in [4.78, 5) is 16.9. The molecule has 4 nitrogen and oxygen atoms in total. The lowest BCUT2D eigenvalue weighted by Gasteiger charge is -2.21. The summed E-state index contributed by atoms with van der Waals surface area (Å²) in [5, 5.41) is 10.2. The number of hydrogen-bond acceptors (Lipinski definition) is 3. The van der Waals surface area contributed by atoms with Crippen LogP contribution in [0.4, 0.5) is 14.5 Å². The van der Waals surface area contributed by atoms with Crippen molar-refractivity contribution >= 4 is 34.2 Å². The van der Waals surface area contributed by atoms with Gasteiger partial charge in [-0.25, -0.2) is 13.8 Å². The highest BCUT2D eigenvalue weighted by Gasteiger charge is 2.29. The van der Waals surface area contributed by atoms with Gasteiger partial charge in [-0.2, -0.15) is 0 Å². The first-order valence-corrected chi connectivity index (χ1v) is 7.19. The Balaban J connectivity index is 2.10. The average molecular weight is 327 g/mol. The van der Waals surface area contributed by atoms with Gasteiger partial charge in [0, 0.05) is 29.2 Å². The van der Waals surface area contributed by atoms with Gasteiger partial charge in [-0.1, -0.05) is 11.6 Å². The van der Waals surface area contributed by atoms with Gasteiger partial charge in [-0.05, 0) is 30.7 Å². The minimum atomic E-state index is -2.68. The molecule has 0 aliphatic carbocycles. The van der Waals surface area contributed by atoms with Crippen LogP contribution in [0.3, 0.4) is 0 Å². The van der Waals surface area contributed by atoms with Gasteiger partial charge in [0.15, 0.2) is 0 Å². The van der Waals surface area contributed by atoms with Crippen molar-refractivity contribution in [3.63, 3.8) is 0 Å². The first-order valence-electron chi connectivity index (χ1n) is 6.82. The van der Waals surface area contributed by atoms with E-state index in [2.05, 4.69) is 4.98 Å². The third-order valence-corrected chi connectivity index (χ3v) is 4.11. The maximum absolute atomic E-state index is 13.0. The molecule has 1 aromatic carbocycles. The van der Waals surface area contributed by atoms with E-state index in [0.717, 1.165) is 0 Å². The molecule has 1 fully saturated rings. The fourth-order valence-corrected chi connectivity index (χ4v) is 2.93. The SMILES string of the molecule is O=C(O)C1CCN(c2cc(C(F)F)nc3ccc(Cl)cc23)C1. The zero-order chi connectivity index (χ0) is 15.9. The van der Waals surface area contributed by atoms with E-state index in [1.165, 1.54) is 6.07 Å². The molecule has 1 aliphatic heterocycles. The highest BCUT2D eigenvalue weighted by atomic mass is 35.5. The monoisotopic (exact) mass is 326 g/mol. The van der Waals surface area contributed by atoms with Crippen LogP contribution in [0.15, 0.2) is 24.3 Å². The average Bonchev–Trinajstić information content (AvgIpc) is 2.95. The number of rotatable bonds is 3. The summed E-state index contributed by atoms with van der Waals surface area (Å²) in [5.41, 5.74) is 0.672. The molecule has 22 heavy (non-hydrogen) atoms. The van der Waals surface area contributed by atoms with Crippen molar-refractivity contribution in [1.29, 1.82) is 0 Å². The largest absolute Gasteiger partial charge is 0.481 e. The molecule has 0 radical (unpaired) electrons. The predicted octanol–water partition coefficient (Wildman–Crippen LogP) is 3.74. The highest BCUT2D eigenvalue weighted by Crippen LogP contribution is 2.34. The van der Waals surface area contributed by atoms with Crippen molar-refractivity contribution in [2.24, 2.45) is 5.92 Å². The molecule has 1 aliphatic rings. The Morgan fingerprint density at radius 1 is 1.41 bits per heavy atom. The highest BCUT2D eigenvalue weighted by molar-refractivity contribution is 6.31. The predicted molar refractivity (Wildman–Crippen MR) is 79.7 cm³/mol. The number of pyridine rings is 1. The molecule has 116 valence electrons. The number of carboxylic acids is 1. The lowest BCUT2D eigenvalue weighted by Crippen LogP contribution is -2.23. The van der Waals surface area contributed by atoms with Crippen molar-refractivity contribution in [3.8, 4) is 0 Å². The topological polar surface area (TPSA) is 53.4 Å². The van der Waals surface area contributed by atoms with Crippen LogP contribution < -0.4 is 4.90 Å². The molecule has 0 amide bonds. The second kappa shape index (κ2) is 5.68. The summed E-state index contributed by atoms with van der Waals surface area (Å²) >= 11 is 5.99. The maximum Gasteiger partial charge on any atom is 0.308 e. The zero-order valence-corrected chi connectivity index (χ0v) is 12.2. The molecule has 0 spiro atoms. The number of aromatic nitrogens is 1. The third-order valence-electron chi connectivity index (χ3n) is 3.87. The van der Waals surface area contributed by atoms with Crippen LogP contribution in [0.5, 0.6) is 0 Å². The Morgan fingerprint density at radius 2 is 2.18 bits per heavy atom. The fourth-order valence-electron chi connectivity index (χ4n) is 2.75. The molecule has 0 bridgehead atoms. The molecule has 1 saturated heterocycles. The second-order valence-electron chi connectivity index (χ2n) is 5.30. The number of nitrogens with zero attached hydrogens (tertiary/aromatic N) is 2. The molecule has 3 rings (SSSR count). The van der Waals surface area contributed by atoms with E-state index >= 15 is 0 Å². The number of alkyl halides is 2. The number of carbonyl (C=O) groups is 1. The molecular formula is C15H13ClF2N2O2. The molecule has 0 saturated carbocycles. The van der Waals surface area contributed by atoms with Crippen molar-refractivity contribution in [1.82, 2.24) is 4.98 Å². The van der Waals surface area contributed by atoms with Crippen LogP contribution in [-0.4, -0.2) is 29.1 Å². The molecule has 1 atom stereocenters. The summed E-state index contributed by atoms with van der Waals surface area (Å²) in [6.45, 7) is 0.801. The number of halogens is 3. The number of hydrogen-bond donors (Lipinski definition) is 1. The maximum atomic E-state index is 13.0. The van der Waals surface area contributed by atoms with E-state index in [4.69, 9.17) is 16.7 Å². The number of anilines is 1. The first-order chi connectivity index (χ1) is 10.5. The standard InChI is InChI=1S/C15H13ClF2N2O2/c16-9-1-2-11-10(5-9)13(6-12(19-11)14(17)18)20-4-3-8(7-20)15(21)22/h1-2,5-6,8,14H,3-4,7H2,(H,21,22). The Labute approximate surface area is 130 Å². The molecule has 1 aromatic heterocycles. The van der Waals surface area contributed by atoms with Crippen LogP contribution in [0.25, 0.3) is 10.9 Å². The normalized spacial score (nSPS) is 18.4. The molecule has 2 heterocycles. The van der Waals surface area contributed by atoms with E-state index in [0.29, 0.717) is 41.1 Å². The Morgan fingerprint density at radius 3 is 2.82 bits per heavy atom. The van der Waals surface area contributed by atoms with E-state index < -0.39 is 18.3 Å². The van der Waals surface area contributed by atoms with Crippen LogP contribution in [0.1, 0.15) is 18.5 Å². The van der Waals surface area contributed by atoms with Gasteiger partial charge in [-0.3, -0.25) is 4.79 Å². The molecule has 2 aromatic rings. The number of benzene rings is 1.